The number of thioether (sulfide) groups is 1. The number of rotatable bonds is 5. The van der Waals surface area contributed by atoms with Gasteiger partial charge in [-0.2, -0.15) is 11.8 Å². The van der Waals surface area contributed by atoms with Crippen molar-refractivity contribution >= 4 is 23.5 Å². The summed E-state index contributed by atoms with van der Waals surface area (Å²) in [7, 11) is 1.94. The lowest BCUT2D eigenvalue weighted by Gasteiger charge is -2.23. The van der Waals surface area contributed by atoms with E-state index in [1.54, 1.807) is 23.9 Å². The van der Waals surface area contributed by atoms with Gasteiger partial charge < -0.3 is 10.0 Å². The molecule has 0 saturated heterocycles. The largest absolute Gasteiger partial charge is 0.478 e. The lowest BCUT2D eigenvalue weighted by atomic mass is 9.90. The lowest BCUT2D eigenvalue weighted by molar-refractivity contribution is 0.0696. The molecule has 4 nitrogen and oxygen atoms in total. The van der Waals surface area contributed by atoms with E-state index in [1.165, 1.54) is 0 Å². The molecule has 5 heteroatoms. The second-order valence-electron chi connectivity index (χ2n) is 5.57. The van der Waals surface area contributed by atoms with Crippen LogP contribution in [0.2, 0.25) is 0 Å². The molecule has 0 radical (unpaired) electrons. The minimum Gasteiger partial charge on any atom is -0.478 e. The molecule has 1 aromatic heterocycles. The van der Waals surface area contributed by atoms with Crippen molar-refractivity contribution in [3.05, 3.63) is 23.4 Å². The van der Waals surface area contributed by atoms with Crippen LogP contribution < -0.4 is 4.90 Å². The molecular formula is C14H22N2O2S. The first-order valence-electron chi connectivity index (χ1n) is 6.21. The Morgan fingerprint density at radius 2 is 2.05 bits per heavy atom. The zero-order chi connectivity index (χ0) is 14.6. The number of pyridine rings is 1. The summed E-state index contributed by atoms with van der Waals surface area (Å²) in [6.45, 7) is 6.95. The highest BCUT2D eigenvalue weighted by molar-refractivity contribution is 7.98. The average molecular weight is 282 g/mol. The summed E-state index contributed by atoms with van der Waals surface area (Å²) in [5.41, 5.74) is 0.935. The molecule has 1 heterocycles. The first-order chi connectivity index (χ1) is 8.75. The van der Waals surface area contributed by atoms with E-state index < -0.39 is 5.97 Å². The summed E-state index contributed by atoms with van der Waals surface area (Å²) in [5, 5.41) is 9.21. The van der Waals surface area contributed by atoms with Crippen LogP contribution in [0, 0.1) is 0 Å². The van der Waals surface area contributed by atoms with Crippen LogP contribution >= 0.6 is 11.8 Å². The predicted molar refractivity (Wildman–Crippen MR) is 81.5 cm³/mol. The number of nitrogens with zero attached hydrogens (tertiary/aromatic N) is 2. The third kappa shape index (κ3) is 4.42. The fourth-order valence-electron chi connectivity index (χ4n) is 1.56. The number of hydrogen-bond donors (Lipinski definition) is 1. The van der Waals surface area contributed by atoms with Crippen LogP contribution in [0.15, 0.2) is 12.1 Å². The quantitative estimate of drug-likeness (QED) is 0.900. The highest BCUT2D eigenvalue weighted by Gasteiger charge is 2.20. The second kappa shape index (κ2) is 6.28. The van der Waals surface area contributed by atoms with Crippen LogP contribution in [-0.2, 0) is 5.41 Å². The van der Waals surface area contributed by atoms with Gasteiger partial charge in [0.15, 0.2) is 0 Å². The molecule has 0 aliphatic rings. The van der Waals surface area contributed by atoms with Gasteiger partial charge in [0, 0.05) is 30.5 Å². The average Bonchev–Trinajstić information content (AvgIpc) is 2.34. The monoisotopic (exact) mass is 282 g/mol. The maximum absolute atomic E-state index is 11.2. The van der Waals surface area contributed by atoms with E-state index >= 15 is 0 Å². The standard InChI is InChI=1S/C14H22N2O2S/c1-14(2,3)11-8-10(13(17)18)9-12(15-11)16(4)6-7-19-5/h8-9H,6-7H2,1-5H3,(H,17,18). The van der Waals surface area contributed by atoms with Crippen molar-refractivity contribution in [1.29, 1.82) is 0 Å². The summed E-state index contributed by atoms with van der Waals surface area (Å²) < 4.78 is 0. The van der Waals surface area contributed by atoms with E-state index in [2.05, 4.69) is 11.2 Å². The number of hydrogen-bond acceptors (Lipinski definition) is 4. The first-order valence-corrected chi connectivity index (χ1v) is 7.61. The van der Waals surface area contributed by atoms with Crippen LogP contribution in [0.1, 0.15) is 36.8 Å². The third-order valence-corrected chi connectivity index (χ3v) is 3.44. The van der Waals surface area contributed by atoms with Crippen LogP contribution in [0.5, 0.6) is 0 Å². The number of aromatic carboxylic acids is 1. The molecule has 0 aliphatic heterocycles. The van der Waals surface area contributed by atoms with Crippen LogP contribution in [0.3, 0.4) is 0 Å². The Labute approximate surface area is 119 Å². The van der Waals surface area contributed by atoms with E-state index in [1.807, 2.05) is 32.7 Å². The highest BCUT2D eigenvalue weighted by atomic mass is 32.2. The molecular weight excluding hydrogens is 260 g/mol. The molecule has 0 bridgehead atoms. The first kappa shape index (κ1) is 15.8. The van der Waals surface area contributed by atoms with Crippen molar-refractivity contribution in [2.45, 2.75) is 26.2 Å². The van der Waals surface area contributed by atoms with Gasteiger partial charge in [0.1, 0.15) is 5.82 Å². The number of carbonyl (C=O) groups is 1. The van der Waals surface area contributed by atoms with Crippen molar-refractivity contribution in [3.8, 4) is 0 Å². The summed E-state index contributed by atoms with van der Waals surface area (Å²) in [6.07, 6.45) is 2.05. The van der Waals surface area contributed by atoms with Gasteiger partial charge in [0.2, 0.25) is 0 Å². The fraction of sp³-hybridized carbons (Fsp3) is 0.571. The van der Waals surface area contributed by atoms with Gasteiger partial charge >= 0.3 is 5.97 Å². The molecule has 19 heavy (non-hydrogen) atoms. The minimum atomic E-state index is -0.910. The van der Waals surface area contributed by atoms with Crippen molar-refractivity contribution in [2.24, 2.45) is 0 Å². The Balaban J connectivity index is 3.17. The molecule has 0 atom stereocenters. The van der Waals surface area contributed by atoms with Crippen molar-refractivity contribution in [3.63, 3.8) is 0 Å². The lowest BCUT2D eigenvalue weighted by Crippen LogP contribution is -2.24. The van der Waals surface area contributed by atoms with Gasteiger partial charge in [0.25, 0.3) is 0 Å². The Kier molecular flexibility index (Phi) is 5.23. The van der Waals surface area contributed by atoms with Gasteiger partial charge in [0.05, 0.1) is 5.56 Å². The molecule has 1 aromatic rings. The van der Waals surface area contributed by atoms with E-state index in [-0.39, 0.29) is 5.41 Å². The van der Waals surface area contributed by atoms with Gasteiger partial charge in [-0.25, -0.2) is 9.78 Å². The molecule has 0 amide bonds. The number of anilines is 1. The normalized spacial score (nSPS) is 11.4. The van der Waals surface area contributed by atoms with Gasteiger partial charge in [-0.3, -0.25) is 0 Å². The Hall–Kier alpha value is -1.23. The summed E-state index contributed by atoms with van der Waals surface area (Å²) in [6, 6.07) is 3.30. The number of carboxylic acid groups (broad SMARTS) is 1. The van der Waals surface area contributed by atoms with Crippen LogP contribution in [-0.4, -0.2) is 41.7 Å². The van der Waals surface area contributed by atoms with E-state index in [0.717, 1.165) is 23.8 Å². The molecule has 106 valence electrons. The van der Waals surface area contributed by atoms with Crippen molar-refractivity contribution in [1.82, 2.24) is 4.98 Å². The molecule has 1 N–H and O–H groups in total. The molecule has 0 saturated carbocycles. The second-order valence-corrected chi connectivity index (χ2v) is 6.55. The van der Waals surface area contributed by atoms with E-state index in [0.29, 0.717) is 5.56 Å². The summed E-state index contributed by atoms with van der Waals surface area (Å²) >= 11 is 1.76. The fourth-order valence-corrected chi connectivity index (χ4v) is 2.02. The summed E-state index contributed by atoms with van der Waals surface area (Å²) in [4.78, 5) is 17.8. The molecule has 0 fully saturated rings. The Morgan fingerprint density at radius 3 is 2.53 bits per heavy atom. The predicted octanol–water partition coefficient (Wildman–Crippen LogP) is 2.88. The number of carboxylic acids is 1. The van der Waals surface area contributed by atoms with Crippen molar-refractivity contribution < 1.29 is 9.90 Å². The molecule has 0 unspecified atom stereocenters. The van der Waals surface area contributed by atoms with Crippen molar-refractivity contribution in [2.75, 3.05) is 30.5 Å². The maximum Gasteiger partial charge on any atom is 0.335 e. The summed E-state index contributed by atoms with van der Waals surface area (Å²) in [5.74, 6) is 0.798. The van der Waals surface area contributed by atoms with E-state index in [4.69, 9.17) is 0 Å². The molecule has 0 aliphatic carbocycles. The number of aromatic nitrogens is 1. The topological polar surface area (TPSA) is 53.4 Å². The van der Waals surface area contributed by atoms with E-state index in [9.17, 15) is 9.90 Å². The zero-order valence-electron chi connectivity index (χ0n) is 12.2. The van der Waals surface area contributed by atoms with Crippen LogP contribution in [0.25, 0.3) is 0 Å². The Bertz CT molecular complexity index is 455. The van der Waals surface area contributed by atoms with Gasteiger partial charge in [-0.05, 0) is 18.4 Å². The highest BCUT2D eigenvalue weighted by Crippen LogP contribution is 2.24. The van der Waals surface area contributed by atoms with Gasteiger partial charge in [-0.1, -0.05) is 20.8 Å². The molecule has 1 rings (SSSR count). The van der Waals surface area contributed by atoms with Gasteiger partial charge in [-0.15, -0.1) is 0 Å². The smallest absolute Gasteiger partial charge is 0.335 e. The van der Waals surface area contributed by atoms with Crippen LogP contribution in [0.4, 0.5) is 5.82 Å². The SMILES string of the molecule is CSCCN(C)c1cc(C(=O)O)cc(C(C)(C)C)n1. The Morgan fingerprint density at radius 1 is 1.42 bits per heavy atom. The molecule has 0 aromatic carbocycles. The maximum atomic E-state index is 11.2. The third-order valence-electron chi connectivity index (χ3n) is 2.85. The minimum absolute atomic E-state index is 0.166. The zero-order valence-corrected chi connectivity index (χ0v) is 13.0. The molecule has 0 spiro atoms.